The quantitative estimate of drug-likeness (QED) is 0.293. The monoisotopic (exact) mass is 462 g/mol. The van der Waals surface area contributed by atoms with Crippen molar-refractivity contribution in [3.8, 4) is 0 Å². The molecule has 4 aliphatic carbocycles. The number of hydrogen-bond acceptors (Lipinski definition) is 0. The van der Waals surface area contributed by atoms with Gasteiger partial charge < -0.3 is 0 Å². The van der Waals surface area contributed by atoms with Crippen LogP contribution in [0.4, 0.5) is 0 Å². The molecule has 4 aliphatic rings. The van der Waals surface area contributed by atoms with Gasteiger partial charge >= 0.3 is 0 Å². The Morgan fingerprint density at radius 1 is 1.00 bits per heavy atom. The van der Waals surface area contributed by atoms with E-state index in [1.807, 2.05) is 5.57 Å². The van der Waals surface area contributed by atoms with E-state index in [-0.39, 0.29) is 0 Å². The molecule has 0 saturated heterocycles. The van der Waals surface area contributed by atoms with Crippen LogP contribution in [0.1, 0.15) is 117 Å². The van der Waals surface area contributed by atoms with Crippen molar-refractivity contribution in [2.45, 2.75) is 118 Å². The molecule has 1 heteroatoms. The van der Waals surface area contributed by atoms with Crippen LogP contribution < -0.4 is 4.57 Å². The van der Waals surface area contributed by atoms with Crippen molar-refractivity contribution in [1.82, 2.24) is 0 Å². The van der Waals surface area contributed by atoms with Crippen molar-refractivity contribution in [2.75, 3.05) is 0 Å². The first-order valence-corrected chi connectivity index (χ1v) is 14.9. The Morgan fingerprint density at radius 2 is 1.82 bits per heavy atom. The lowest BCUT2D eigenvalue weighted by Crippen LogP contribution is -2.52. The third-order valence-electron chi connectivity index (χ3n) is 11.7. The highest BCUT2D eigenvalue weighted by Gasteiger charge is 2.59. The van der Waals surface area contributed by atoms with E-state index in [0.717, 1.165) is 35.5 Å². The van der Waals surface area contributed by atoms with Crippen LogP contribution in [0.25, 0.3) is 0 Å². The van der Waals surface area contributed by atoms with Crippen molar-refractivity contribution in [2.24, 2.45) is 46.3 Å². The zero-order valence-corrected chi connectivity index (χ0v) is 23.2. The van der Waals surface area contributed by atoms with Gasteiger partial charge in [-0.25, -0.2) is 4.57 Å². The first-order valence-electron chi connectivity index (χ1n) is 14.9. The lowest BCUT2D eigenvalue weighted by molar-refractivity contribution is -0.725. The summed E-state index contributed by atoms with van der Waals surface area (Å²) < 4.78 is 2.52. The van der Waals surface area contributed by atoms with E-state index in [1.54, 1.807) is 0 Å². The maximum Gasteiger partial charge on any atom is 0.171 e. The fraction of sp³-hybridized carbons (Fsp3) is 0.788. The predicted molar refractivity (Wildman–Crippen MR) is 143 cm³/mol. The van der Waals surface area contributed by atoms with E-state index in [2.05, 4.69) is 76.7 Å². The highest BCUT2D eigenvalue weighted by molar-refractivity contribution is 5.25. The summed E-state index contributed by atoms with van der Waals surface area (Å²) in [5.74, 6) is 5.60. The smallest absolute Gasteiger partial charge is 0.171 e. The molecule has 0 amide bonds. The van der Waals surface area contributed by atoms with Crippen LogP contribution >= 0.6 is 0 Å². The number of rotatable bonds is 6. The fourth-order valence-electron chi connectivity index (χ4n) is 9.76. The lowest BCUT2D eigenvalue weighted by Gasteiger charge is -2.58. The van der Waals surface area contributed by atoms with Crippen LogP contribution in [0, 0.1) is 53.3 Å². The molecule has 0 radical (unpaired) electrons. The molecule has 3 fully saturated rings. The first-order chi connectivity index (χ1) is 16.2. The molecule has 0 aromatic carbocycles. The van der Waals surface area contributed by atoms with Crippen molar-refractivity contribution < 1.29 is 4.57 Å². The van der Waals surface area contributed by atoms with Gasteiger partial charge in [-0.2, -0.15) is 0 Å². The van der Waals surface area contributed by atoms with Gasteiger partial charge in [-0.3, -0.25) is 0 Å². The summed E-state index contributed by atoms with van der Waals surface area (Å²) in [6, 6.07) is 5.12. The van der Waals surface area contributed by atoms with Crippen LogP contribution in [0.15, 0.2) is 36.2 Å². The van der Waals surface area contributed by atoms with E-state index < -0.39 is 0 Å². The van der Waals surface area contributed by atoms with E-state index in [0.29, 0.717) is 16.9 Å². The zero-order valence-electron chi connectivity index (χ0n) is 23.2. The molecule has 0 spiro atoms. The molecule has 1 heterocycles. The summed E-state index contributed by atoms with van der Waals surface area (Å²) in [7, 11) is 0. The van der Waals surface area contributed by atoms with Gasteiger partial charge in [0.2, 0.25) is 0 Å². The molecule has 34 heavy (non-hydrogen) atoms. The summed E-state index contributed by atoms with van der Waals surface area (Å²) in [5, 5.41) is 0. The predicted octanol–water partition coefficient (Wildman–Crippen LogP) is 8.87. The minimum atomic E-state index is 0.464. The molecule has 8 atom stereocenters. The summed E-state index contributed by atoms with van der Waals surface area (Å²) in [6.45, 7) is 15.0. The maximum absolute atomic E-state index is 2.76. The zero-order chi connectivity index (χ0) is 24.1. The van der Waals surface area contributed by atoms with Gasteiger partial charge in [-0.1, -0.05) is 65.5 Å². The van der Waals surface area contributed by atoms with E-state index in [1.165, 1.54) is 76.2 Å². The first kappa shape index (κ1) is 24.6. The third kappa shape index (κ3) is 4.22. The third-order valence-corrected chi connectivity index (χ3v) is 11.7. The maximum atomic E-state index is 2.76. The van der Waals surface area contributed by atoms with Crippen molar-refractivity contribution in [3.05, 3.63) is 41.7 Å². The summed E-state index contributed by atoms with van der Waals surface area (Å²) in [4.78, 5) is 0. The number of fused-ring (bicyclic) bond motifs is 5. The average Bonchev–Trinajstić information content (AvgIpc) is 3.15. The number of hydrogen-bond donors (Lipinski definition) is 0. The van der Waals surface area contributed by atoms with E-state index in [9.17, 15) is 0 Å². The molecule has 3 saturated carbocycles. The SMILES string of the molecule is Cc1ccc[n+](C2CCC3(C)C(=CCC4C3CCC3(C)C(C(C)CCCC(C)C)CCC43)C2)c1. The summed E-state index contributed by atoms with van der Waals surface area (Å²) >= 11 is 0. The van der Waals surface area contributed by atoms with Crippen LogP contribution in [0.5, 0.6) is 0 Å². The second-order valence-electron chi connectivity index (χ2n) is 14.0. The molecule has 5 rings (SSSR count). The van der Waals surface area contributed by atoms with Gasteiger partial charge in [0, 0.05) is 24.5 Å². The molecule has 188 valence electrons. The standard InChI is InChI=1S/C33H52N/c1-23(2)9-7-11-25(4)29-14-15-30-28-13-12-26-21-27(34-20-8-10-24(3)22-34)16-18-32(26,5)31(28)17-19-33(29,30)6/h8,10,12,20,22-23,25,27-31H,7,9,11,13-19,21H2,1-6H3/q+1. The molecule has 0 N–H and O–H groups in total. The summed E-state index contributed by atoms with van der Waals surface area (Å²) in [5.41, 5.74) is 4.27. The highest BCUT2D eigenvalue weighted by Crippen LogP contribution is 2.67. The van der Waals surface area contributed by atoms with Gasteiger partial charge in [0.15, 0.2) is 18.4 Å². The number of pyridine rings is 1. The number of aromatic nitrogens is 1. The Balaban J connectivity index is 1.31. The van der Waals surface area contributed by atoms with Gasteiger partial charge in [-0.05, 0) is 97.9 Å². The molecular formula is C33H52N+. The molecule has 1 nitrogen and oxygen atoms in total. The number of nitrogens with zero attached hydrogens (tertiary/aromatic N) is 1. The van der Waals surface area contributed by atoms with Gasteiger partial charge in [0.05, 0.1) is 0 Å². The Morgan fingerprint density at radius 3 is 2.59 bits per heavy atom. The van der Waals surface area contributed by atoms with Crippen LogP contribution in [-0.2, 0) is 0 Å². The van der Waals surface area contributed by atoms with E-state index in [4.69, 9.17) is 0 Å². The summed E-state index contributed by atoms with van der Waals surface area (Å²) in [6.07, 6.45) is 23.1. The second kappa shape index (κ2) is 9.40. The van der Waals surface area contributed by atoms with Crippen LogP contribution in [0.3, 0.4) is 0 Å². The Hall–Kier alpha value is -1.11. The molecule has 8 unspecified atom stereocenters. The lowest BCUT2D eigenvalue weighted by atomic mass is 9.47. The van der Waals surface area contributed by atoms with E-state index >= 15 is 0 Å². The normalized spacial score (nSPS) is 40.3. The Bertz CT molecular complexity index is 898. The van der Waals surface area contributed by atoms with Crippen LogP contribution in [-0.4, -0.2) is 0 Å². The molecule has 1 aromatic rings. The largest absolute Gasteiger partial charge is 0.202 e. The molecule has 1 aromatic heterocycles. The number of allylic oxidation sites excluding steroid dienone is 2. The van der Waals surface area contributed by atoms with Crippen molar-refractivity contribution in [3.63, 3.8) is 0 Å². The molecular weight excluding hydrogens is 410 g/mol. The molecule has 0 bridgehead atoms. The second-order valence-corrected chi connectivity index (χ2v) is 14.0. The average molecular weight is 463 g/mol. The van der Waals surface area contributed by atoms with Gasteiger partial charge in [0.25, 0.3) is 0 Å². The molecule has 0 aliphatic heterocycles. The fourth-order valence-corrected chi connectivity index (χ4v) is 9.76. The van der Waals surface area contributed by atoms with Gasteiger partial charge in [-0.15, -0.1) is 0 Å². The van der Waals surface area contributed by atoms with Gasteiger partial charge in [0.1, 0.15) is 0 Å². The minimum Gasteiger partial charge on any atom is -0.202 e. The Labute approximate surface area is 210 Å². The van der Waals surface area contributed by atoms with Crippen molar-refractivity contribution in [1.29, 1.82) is 0 Å². The Kier molecular flexibility index (Phi) is 6.80. The minimum absolute atomic E-state index is 0.464. The number of aryl methyl sites for hydroxylation is 1. The van der Waals surface area contributed by atoms with Crippen molar-refractivity contribution >= 4 is 0 Å². The van der Waals surface area contributed by atoms with Crippen LogP contribution in [0.2, 0.25) is 0 Å². The highest BCUT2D eigenvalue weighted by atomic mass is 15.0. The topological polar surface area (TPSA) is 3.88 Å².